The van der Waals surface area contributed by atoms with Crippen molar-refractivity contribution < 1.29 is 9.18 Å². The molecule has 1 amide bonds. The number of nitrogens with one attached hydrogen (secondary N) is 1. The Bertz CT molecular complexity index is 386. The second-order valence-electron chi connectivity index (χ2n) is 4.75. The standard InChI is InChI=1S/C14H18FNO/c15-12-6-3-7-13(10-12)16-14(17)9-8-11-4-1-2-5-11/h3,6-7,10-11H,1-2,4-5,8-9H2,(H,16,17). The van der Waals surface area contributed by atoms with Crippen molar-refractivity contribution in [3.05, 3.63) is 30.1 Å². The van der Waals surface area contributed by atoms with Gasteiger partial charge in [0.25, 0.3) is 0 Å². The molecule has 1 aromatic rings. The molecule has 0 atom stereocenters. The smallest absolute Gasteiger partial charge is 0.224 e. The van der Waals surface area contributed by atoms with E-state index >= 15 is 0 Å². The summed E-state index contributed by atoms with van der Waals surface area (Å²) in [6.45, 7) is 0. The van der Waals surface area contributed by atoms with Crippen LogP contribution in [0.3, 0.4) is 0 Å². The van der Waals surface area contributed by atoms with Crippen LogP contribution in [0.15, 0.2) is 24.3 Å². The van der Waals surface area contributed by atoms with Gasteiger partial charge in [-0.15, -0.1) is 0 Å². The first-order chi connectivity index (χ1) is 8.24. The molecular weight excluding hydrogens is 217 g/mol. The summed E-state index contributed by atoms with van der Waals surface area (Å²) in [4.78, 5) is 11.6. The van der Waals surface area contributed by atoms with Gasteiger partial charge in [0.1, 0.15) is 5.82 Å². The van der Waals surface area contributed by atoms with Crippen molar-refractivity contribution in [2.75, 3.05) is 5.32 Å². The maximum absolute atomic E-state index is 12.9. The summed E-state index contributed by atoms with van der Waals surface area (Å²) in [6, 6.07) is 6.01. The van der Waals surface area contributed by atoms with Crippen molar-refractivity contribution in [3.8, 4) is 0 Å². The Balaban J connectivity index is 1.76. The quantitative estimate of drug-likeness (QED) is 0.846. The van der Waals surface area contributed by atoms with E-state index in [4.69, 9.17) is 0 Å². The van der Waals surface area contributed by atoms with E-state index < -0.39 is 0 Å². The first-order valence-corrected chi connectivity index (χ1v) is 6.29. The fourth-order valence-corrected chi connectivity index (χ4v) is 2.42. The number of carbonyl (C=O) groups excluding carboxylic acids is 1. The Morgan fingerprint density at radius 3 is 2.82 bits per heavy atom. The van der Waals surface area contributed by atoms with Crippen molar-refractivity contribution in [1.82, 2.24) is 0 Å². The number of hydrogen-bond donors (Lipinski definition) is 1. The summed E-state index contributed by atoms with van der Waals surface area (Å²) >= 11 is 0. The molecule has 0 aromatic heterocycles. The van der Waals surface area contributed by atoms with Gasteiger partial charge in [-0.1, -0.05) is 31.7 Å². The highest BCUT2D eigenvalue weighted by Crippen LogP contribution is 2.28. The molecule has 1 aromatic carbocycles. The van der Waals surface area contributed by atoms with Crippen LogP contribution in [0.25, 0.3) is 0 Å². The van der Waals surface area contributed by atoms with Crippen molar-refractivity contribution in [2.45, 2.75) is 38.5 Å². The molecule has 0 aliphatic heterocycles. The number of carbonyl (C=O) groups is 1. The Morgan fingerprint density at radius 2 is 2.12 bits per heavy atom. The number of anilines is 1. The van der Waals surface area contributed by atoms with Crippen LogP contribution in [0.2, 0.25) is 0 Å². The average molecular weight is 235 g/mol. The number of rotatable bonds is 4. The highest BCUT2D eigenvalue weighted by Gasteiger charge is 2.16. The molecule has 0 unspecified atom stereocenters. The lowest BCUT2D eigenvalue weighted by Gasteiger charge is -2.09. The van der Waals surface area contributed by atoms with Gasteiger partial charge in [-0.2, -0.15) is 0 Å². The Morgan fingerprint density at radius 1 is 1.35 bits per heavy atom. The van der Waals surface area contributed by atoms with Crippen LogP contribution >= 0.6 is 0 Å². The molecule has 0 heterocycles. The number of halogens is 1. The summed E-state index contributed by atoms with van der Waals surface area (Å²) in [7, 11) is 0. The molecule has 0 spiro atoms. The topological polar surface area (TPSA) is 29.1 Å². The van der Waals surface area contributed by atoms with Crippen LogP contribution in [0.4, 0.5) is 10.1 Å². The molecule has 1 aliphatic rings. The minimum absolute atomic E-state index is 0.0116. The summed E-state index contributed by atoms with van der Waals surface area (Å²) in [5.41, 5.74) is 0.543. The second-order valence-corrected chi connectivity index (χ2v) is 4.75. The van der Waals surface area contributed by atoms with Crippen LogP contribution in [-0.4, -0.2) is 5.91 Å². The van der Waals surface area contributed by atoms with Crippen LogP contribution < -0.4 is 5.32 Å². The van der Waals surface area contributed by atoms with Gasteiger partial charge in [0.05, 0.1) is 0 Å². The van der Waals surface area contributed by atoms with E-state index in [1.54, 1.807) is 12.1 Å². The SMILES string of the molecule is O=C(CCC1CCCC1)Nc1cccc(F)c1. The van der Waals surface area contributed by atoms with Gasteiger partial charge in [0.15, 0.2) is 0 Å². The lowest BCUT2D eigenvalue weighted by Crippen LogP contribution is -2.12. The van der Waals surface area contributed by atoms with Gasteiger partial charge < -0.3 is 5.32 Å². The van der Waals surface area contributed by atoms with Crippen LogP contribution in [0.1, 0.15) is 38.5 Å². The van der Waals surface area contributed by atoms with E-state index in [0.717, 1.165) is 6.42 Å². The minimum atomic E-state index is -0.321. The maximum atomic E-state index is 12.9. The van der Waals surface area contributed by atoms with Gasteiger partial charge in [0.2, 0.25) is 5.91 Å². The predicted molar refractivity (Wildman–Crippen MR) is 66.2 cm³/mol. The molecule has 1 aliphatic carbocycles. The van der Waals surface area contributed by atoms with Crippen LogP contribution in [0, 0.1) is 11.7 Å². The van der Waals surface area contributed by atoms with E-state index in [0.29, 0.717) is 18.0 Å². The summed E-state index contributed by atoms with van der Waals surface area (Å²) in [6.07, 6.45) is 6.62. The first kappa shape index (κ1) is 12.1. The van der Waals surface area contributed by atoms with Crippen molar-refractivity contribution in [3.63, 3.8) is 0 Å². The third kappa shape index (κ3) is 3.84. The molecule has 0 bridgehead atoms. The number of amides is 1. The van der Waals surface area contributed by atoms with Crippen LogP contribution in [0.5, 0.6) is 0 Å². The molecule has 1 saturated carbocycles. The maximum Gasteiger partial charge on any atom is 0.224 e. The molecule has 0 saturated heterocycles. The van der Waals surface area contributed by atoms with E-state index in [1.165, 1.54) is 37.8 Å². The number of hydrogen-bond acceptors (Lipinski definition) is 1. The molecule has 3 heteroatoms. The van der Waals surface area contributed by atoms with Gasteiger partial charge in [0, 0.05) is 12.1 Å². The zero-order valence-corrected chi connectivity index (χ0v) is 9.92. The molecule has 92 valence electrons. The highest BCUT2D eigenvalue weighted by molar-refractivity contribution is 5.90. The molecule has 0 radical (unpaired) electrons. The Kier molecular flexibility index (Phi) is 4.13. The third-order valence-corrected chi connectivity index (χ3v) is 3.36. The second kappa shape index (κ2) is 5.80. The average Bonchev–Trinajstić information content (AvgIpc) is 2.79. The fraction of sp³-hybridized carbons (Fsp3) is 0.500. The van der Waals surface area contributed by atoms with Crippen molar-refractivity contribution in [1.29, 1.82) is 0 Å². The highest BCUT2D eigenvalue weighted by atomic mass is 19.1. The monoisotopic (exact) mass is 235 g/mol. The first-order valence-electron chi connectivity index (χ1n) is 6.29. The van der Waals surface area contributed by atoms with Gasteiger partial charge in [-0.25, -0.2) is 4.39 Å². The Hall–Kier alpha value is -1.38. The Labute approximate surface area is 101 Å². The normalized spacial score (nSPS) is 16.1. The molecule has 17 heavy (non-hydrogen) atoms. The molecule has 1 fully saturated rings. The van der Waals surface area contributed by atoms with Gasteiger partial charge >= 0.3 is 0 Å². The minimum Gasteiger partial charge on any atom is -0.326 e. The number of benzene rings is 1. The zero-order chi connectivity index (χ0) is 12.1. The van der Waals surface area contributed by atoms with E-state index in [1.807, 2.05) is 0 Å². The molecule has 1 N–H and O–H groups in total. The van der Waals surface area contributed by atoms with E-state index in [-0.39, 0.29) is 11.7 Å². The van der Waals surface area contributed by atoms with Crippen LogP contribution in [-0.2, 0) is 4.79 Å². The summed E-state index contributed by atoms with van der Waals surface area (Å²) in [5.74, 6) is 0.384. The van der Waals surface area contributed by atoms with Crippen molar-refractivity contribution >= 4 is 11.6 Å². The third-order valence-electron chi connectivity index (χ3n) is 3.36. The van der Waals surface area contributed by atoms with Gasteiger partial charge in [-0.3, -0.25) is 4.79 Å². The predicted octanol–water partition coefficient (Wildman–Crippen LogP) is 3.73. The molecule has 2 rings (SSSR count). The van der Waals surface area contributed by atoms with Gasteiger partial charge in [-0.05, 0) is 30.5 Å². The summed E-state index contributed by atoms with van der Waals surface area (Å²) < 4.78 is 12.9. The largest absolute Gasteiger partial charge is 0.326 e. The lowest BCUT2D eigenvalue weighted by molar-refractivity contribution is -0.116. The fourth-order valence-electron chi connectivity index (χ4n) is 2.42. The lowest BCUT2D eigenvalue weighted by atomic mass is 10.0. The van der Waals surface area contributed by atoms with E-state index in [2.05, 4.69) is 5.32 Å². The van der Waals surface area contributed by atoms with E-state index in [9.17, 15) is 9.18 Å². The summed E-state index contributed by atoms with van der Waals surface area (Å²) in [5, 5.41) is 2.73. The van der Waals surface area contributed by atoms with Crippen molar-refractivity contribution in [2.24, 2.45) is 5.92 Å². The molecular formula is C14H18FNO. The zero-order valence-electron chi connectivity index (χ0n) is 9.92. The molecule has 2 nitrogen and oxygen atoms in total.